The molecular weight excluding hydrogens is 732 g/mol. The van der Waals surface area contributed by atoms with E-state index in [-0.39, 0.29) is 11.1 Å². The summed E-state index contributed by atoms with van der Waals surface area (Å²) < 4.78 is 39.3. The van der Waals surface area contributed by atoms with Gasteiger partial charge in [0.05, 0.1) is 19.3 Å². The normalized spacial score (nSPS) is 37.3. The Labute approximate surface area is 303 Å². The van der Waals surface area contributed by atoms with E-state index in [1.165, 1.54) is 13.0 Å². The van der Waals surface area contributed by atoms with Gasteiger partial charge in [0.1, 0.15) is 89.6 Å². The van der Waals surface area contributed by atoms with Crippen LogP contribution in [-0.4, -0.2) is 172 Å². The predicted molar refractivity (Wildman–Crippen MR) is 173 cm³/mol. The number of ether oxygens (including phenoxy) is 6. The number of aliphatic hydroxyl groups is 9. The van der Waals surface area contributed by atoms with Gasteiger partial charge in [-0.2, -0.15) is 0 Å². The van der Waals surface area contributed by atoms with E-state index in [2.05, 4.69) is 0 Å². The fourth-order valence-electron chi connectivity index (χ4n) is 6.35. The molecule has 54 heavy (non-hydrogen) atoms. The Bertz CT molecular complexity index is 1850. The lowest BCUT2D eigenvalue weighted by molar-refractivity contribution is -0.359. The molecule has 4 heterocycles. The van der Waals surface area contributed by atoms with Gasteiger partial charge < -0.3 is 99.2 Å². The molecular formula is C33H40O21. The van der Waals surface area contributed by atoms with E-state index in [4.69, 9.17) is 32.8 Å². The maximum atomic E-state index is 13.7. The second-order valence-electron chi connectivity index (χ2n) is 13.1. The molecule has 0 amide bonds. The first kappa shape index (κ1) is 39.8. The molecule has 0 spiro atoms. The number of phenols is 4. The van der Waals surface area contributed by atoms with Crippen LogP contribution in [0.1, 0.15) is 6.92 Å². The number of hydrogen-bond acceptors (Lipinski definition) is 21. The first-order chi connectivity index (χ1) is 25.5. The topological polar surface area (TPSA) is 349 Å². The van der Waals surface area contributed by atoms with Gasteiger partial charge in [0.2, 0.25) is 17.5 Å². The zero-order valence-corrected chi connectivity index (χ0v) is 28.0. The summed E-state index contributed by atoms with van der Waals surface area (Å²) in [5.41, 5.74) is -1.47. The van der Waals surface area contributed by atoms with E-state index in [1.807, 2.05) is 0 Å². The number of benzene rings is 2. The Morgan fingerprint density at radius 2 is 1.30 bits per heavy atom. The van der Waals surface area contributed by atoms with Crippen molar-refractivity contribution in [3.05, 3.63) is 40.6 Å². The van der Waals surface area contributed by atoms with Gasteiger partial charge in [0.15, 0.2) is 29.8 Å². The van der Waals surface area contributed by atoms with Crippen molar-refractivity contribution < 1.29 is 99.2 Å². The van der Waals surface area contributed by atoms with Crippen molar-refractivity contribution in [2.45, 2.75) is 99.0 Å². The zero-order valence-electron chi connectivity index (χ0n) is 28.0. The molecule has 15 atom stereocenters. The van der Waals surface area contributed by atoms with Crippen molar-refractivity contribution in [1.29, 1.82) is 0 Å². The van der Waals surface area contributed by atoms with Gasteiger partial charge in [-0.05, 0) is 25.1 Å². The molecule has 1 aromatic heterocycles. The van der Waals surface area contributed by atoms with Gasteiger partial charge in [-0.3, -0.25) is 4.79 Å². The third-order valence-electron chi connectivity index (χ3n) is 9.40. The standard InChI is InChI=1S/C33H40O21/c1-9-28(53-32-25(45)22(42)19(39)16(7-34)51-32)24(44)27(47)31(49-9)48-8-17-20(40)23(43)26(46)33(52-17)54-30-21(41)18-14(38)5-11(35)6-15(18)50-29(30)10-2-3-12(36)13(37)4-10/h2-6,9,16-17,19-20,22-28,31-40,42-47H,7-8H2,1H3. The van der Waals surface area contributed by atoms with Crippen LogP contribution in [0.5, 0.6) is 28.7 Å². The molecule has 0 aliphatic carbocycles. The van der Waals surface area contributed by atoms with Crippen LogP contribution in [0, 0.1) is 0 Å². The molecule has 3 aliphatic heterocycles. The minimum Gasteiger partial charge on any atom is -0.508 e. The Morgan fingerprint density at radius 3 is 1.96 bits per heavy atom. The van der Waals surface area contributed by atoms with Crippen LogP contribution >= 0.6 is 0 Å². The molecule has 0 radical (unpaired) electrons. The summed E-state index contributed by atoms with van der Waals surface area (Å²) in [4.78, 5) is 13.7. The van der Waals surface area contributed by atoms with Gasteiger partial charge >= 0.3 is 0 Å². The molecule has 13 N–H and O–H groups in total. The highest BCUT2D eigenvalue weighted by Gasteiger charge is 2.51. The average Bonchev–Trinajstić information content (AvgIpc) is 3.13. The van der Waals surface area contributed by atoms with Crippen molar-refractivity contribution in [3.8, 4) is 40.1 Å². The van der Waals surface area contributed by atoms with Crippen molar-refractivity contribution >= 4 is 11.0 Å². The van der Waals surface area contributed by atoms with Crippen molar-refractivity contribution in [1.82, 2.24) is 0 Å². The van der Waals surface area contributed by atoms with Crippen LogP contribution in [0.4, 0.5) is 0 Å². The predicted octanol–water partition coefficient (Wildman–Crippen LogP) is -3.86. The van der Waals surface area contributed by atoms with Crippen LogP contribution in [0.15, 0.2) is 39.5 Å². The highest BCUT2D eigenvalue weighted by molar-refractivity contribution is 5.88. The van der Waals surface area contributed by atoms with Crippen LogP contribution < -0.4 is 10.2 Å². The molecule has 6 rings (SSSR count). The Morgan fingerprint density at radius 1 is 0.667 bits per heavy atom. The van der Waals surface area contributed by atoms with E-state index in [0.717, 1.165) is 24.3 Å². The SMILES string of the molecule is CC1OC(OCC2OC(Oc3c(-c4ccc(O)c(O)c4)oc4cc(O)cc(O)c4c3=O)C(O)C(O)C2O)C(O)C(O)C1OC1OC(CO)C(O)C(O)C1O. The molecule has 3 saturated heterocycles. The van der Waals surface area contributed by atoms with E-state index < -0.39 is 151 Å². The summed E-state index contributed by atoms with van der Waals surface area (Å²) in [7, 11) is 0. The highest BCUT2D eigenvalue weighted by Crippen LogP contribution is 2.40. The summed E-state index contributed by atoms with van der Waals surface area (Å²) in [6.07, 6.45) is -25.6. The lowest BCUT2D eigenvalue weighted by atomic mass is 9.97. The molecule has 3 aromatic rings. The maximum Gasteiger partial charge on any atom is 0.239 e. The Hall–Kier alpha value is -3.91. The van der Waals surface area contributed by atoms with E-state index in [9.17, 15) is 71.2 Å². The van der Waals surface area contributed by atoms with Gasteiger partial charge in [-0.1, -0.05) is 0 Å². The zero-order chi connectivity index (χ0) is 39.3. The number of aliphatic hydroxyl groups excluding tert-OH is 9. The van der Waals surface area contributed by atoms with Gasteiger partial charge in [0, 0.05) is 17.7 Å². The maximum absolute atomic E-state index is 13.7. The van der Waals surface area contributed by atoms with E-state index in [1.54, 1.807) is 0 Å². The summed E-state index contributed by atoms with van der Waals surface area (Å²) in [6.45, 7) is -0.0742. The molecule has 0 bridgehead atoms. The molecule has 21 heteroatoms. The lowest BCUT2D eigenvalue weighted by Gasteiger charge is -2.46. The third kappa shape index (κ3) is 7.39. The van der Waals surface area contributed by atoms with Crippen LogP contribution in [-0.2, 0) is 23.7 Å². The van der Waals surface area contributed by atoms with E-state index >= 15 is 0 Å². The monoisotopic (exact) mass is 772 g/mol. The molecule has 3 aliphatic rings. The average molecular weight is 773 g/mol. The fourth-order valence-corrected chi connectivity index (χ4v) is 6.35. The minimum absolute atomic E-state index is 0.0714. The number of rotatable bonds is 9. The van der Waals surface area contributed by atoms with E-state index in [0.29, 0.717) is 0 Å². The molecule has 298 valence electrons. The van der Waals surface area contributed by atoms with Crippen LogP contribution in [0.25, 0.3) is 22.3 Å². The lowest BCUT2D eigenvalue weighted by Crippen LogP contribution is -2.64. The third-order valence-corrected chi connectivity index (χ3v) is 9.40. The molecule has 15 unspecified atom stereocenters. The summed E-state index contributed by atoms with van der Waals surface area (Å²) >= 11 is 0. The molecule has 0 saturated carbocycles. The molecule has 21 nitrogen and oxygen atoms in total. The quantitative estimate of drug-likeness (QED) is 0.0925. The Balaban J connectivity index is 1.19. The van der Waals surface area contributed by atoms with Crippen molar-refractivity contribution in [2.24, 2.45) is 0 Å². The molecule has 3 fully saturated rings. The first-order valence-electron chi connectivity index (χ1n) is 16.5. The van der Waals surface area contributed by atoms with Gasteiger partial charge in [-0.15, -0.1) is 0 Å². The molecule has 2 aromatic carbocycles. The second kappa shape index (κ2) is 15.7. The highest BCUT2D eigenvalue weighted by atomic mass is 16.8. The van der Waals surface area contributed by atoms with Crippen molar-refractivity contribution in [3.63, 3.8) is 0 Å². The summed E-state index contributed by atoms with van der Waals surface area (Å²) in [5, 5.41) is 134. The van der Waals surface area contributed by atoms with Gasteiger partial charge in [-0.25, -0.2) is 0 Å². The number of aromatic hydroxyl groups is 4. The second-order valence-corrected chi connectivity index (χ2v) is 13.1. The smallest absolute Gasteiger partial charge is 0.239 e. The number of fused-ring (bicyclic) bond motifs is 1. The fraction of sp³-hybridized carbons (Fsp3) is 0.545. The number of phenolic OH excluding ortho intramolecular Hbond substituents is 4. The summed E-state index contributed by atoms with van der Waals surface area (Å²) in [6, 6.07) is 5.12. The Kier molecular flexibility index (Phi) is 11.5. The van der Waals surface area contributed by atoms with Gasteiger partial charge in [0.25, 0.3) is 0 Å². The number of hydrogen-bond donors (Lipinski definition) is 13. The summed E-state index contributed by atoms with van der Waals surface area (Å²) in [5.74, 6) is -3.56. The minimum atomic E-state index is -2.04. The van der Waals surface area contributed by atoms with Crippen molar-refractivity contribution in [2.75, 3.05) is 13.2 Å². The van der Waals surface area contributed by atoms with Crippen LogP contribution in [0.2, 0.25) is 0 Å². The first-order valence-corrected chi connectivity index (χ1v) is 16.5. The van der Waals surface area contributed by atoms with Crippen LogP contribution in [0.3, 0.4) is 0 Å². The largest absolute Gasteiger partial charge is 0.508 e.